The molecule has 0 aliphatic heterocycles. The van der Waals surface area contributed by atoms with Gasteiger partial charge in [-0.05, 0) is 48.0 Å². The summed E-state index contributed by atoms with van der Waals surface area (Å²) in [5.41, 5.74) is 3.07. The third-order valence-corrected chi connectivity index (χ3v) is 4.66. The van der Waals surface area contributed by atoms with Crippen LogP contribution in [-0.4, -0.2) is 36.1 Å². The number of rotatable bonds is 9. The predicted molar refractivity (Wildman–Crippen MR) is 111 cm³/mol. The predicted octanol–water partition coefficient (Wildman–Crippen LogP) is 5.02. The summed E-state index contributed by atoms with van der Waals surface area (Å²) in [5.74, 6) is -0.467. The Labute approximate surface area is 170 Å². The summed E-state index contributed by atoms with van der Waals surface area (Å²) in [7, 11) is 1.75. The van der Waals surface area contributed by atoms with Crippen molar-refractivity contribution in [2.45, 2.75) is 12.5 Å². The maximum absolute atomic E-state index is 13.3. The molecule has 0 bridgehead atoms. The van der Waals surface area contributed by atoms with E-state index in [-0.39, 0.29) is 18.5 Å². The number of carboxylic acid groups (broad SMARTS) is 1. The van der Waals surface area contributed by atoms with Gasteiger partial charge in [-0.15, -0.1) is 0 Å². The number of benzene rings is 3. The molecule has 3 aromatic rings. The number of hydrogen-bond donors (Lipinski definition) is 1. The quantitative estimate of drug-likeness (QED) is 0.556. The van der Waals surface area contributed by atoms with E-state index in [2.05, 4.69) is 12.1 Å². The van der Waals surface area contributed by atoms with Crippen molar-refractivity contribution in [3.63, 3.8) is 0 Å². The molecule has 0 amide bonds. The molecule has 0 radical (unpaired) electrons. The van der Waals surface area contributed by atoms with Gasteiger partial charge in [0.15, 0.2) is 0 Å². The second kappa shape index (κ2) is 9.85. The van der Waals surface area contributed by atoms with Crippen molar-refractivity contribution in [1.29, 1.82) is 0 Å². The van der Waals surface area contributed by atoms with E-state index >= 15 is 0 Å². The summed E-state index contributed by atoms with van der Waals surface area (Å²) in [6.07, 6.45) is 0.268. The molecule has 0 aliphatic rings. The first kappa shape index (κ1) is 20.6. The van der Waals surface area contributed by atoms with E-state index < -0.39 is 5.97 Å². The highest BCUT2D eigenvalue weighted by atomic mass is 19.1. The lowest BCUT2D eigenvalue weighted by Crippen LogP contribution is -2.28. The monoisotopic (exact) mass is 392 g/mol. The van der Waals surface area contributed by atoms with Gasteiger partial charge < -0.3 is 9.84 Å². The smallest absolute Gasteiger partial charge is 0.317 e. The van der Waals surface area contributed by atoms with Gasteiger partial charge >= 0.3 is 5.97 Å². The minimum Gasteiger partial charge on any atom is -0.486 e. The summed E-state index contributed by atoms with van der Waals surface area (Å²) in [4.78, 5) is 12.6. The number of halogens is 1. The van der Waals surface area contributed by atoms with Crippen LogP contribution in [0.3, 0.4) is 0 Å². The van der Waals surface area contributed by atoms with Crippen LogP contribution in [0.25, 0.3) is 11.1 Å². The molecule has 29 heavy (non-hydrogen) atoms. The Balaban J connectivity index is 1.73. The molecule has 150 valence electrons. The molecule has 0 unspecified atom stereocenters. The topological polar surface area (TPSA) is 49.8 Å². The van der Waals surface area contributed by atoms with E-state index in [1.807, 2.05) is 42.5 Å². The normalized spacial score (nSPS) is 12.0. The fourth-order valence-electron chi connectivity index (χ4n) is 3.14. The van der Waals surface area contributed by atoms with Crippen molar-refractivity contribution in [3.05, 3.63) is 90.2 Å². The zero-order chi connectivity index (χ0) is 20.6. The number of ether oxygens (including phenoxy) is 1. The second-order valence-corrected chi connectivity index (χ2v) is 6.97. The Kier molecular flexibility index (Phi) is 6.98. The molecule has 0 fully saturated rings. The molecule has 4 nitrogen and oxygen atoms in total. The van der Waals surface area contributed by atoms with Crippen molar-refractivity contribution >= 4 is 5.97 Å². The van der Waals surface area contributed by atoms with E-state index in [1.165, 1.54) is 12.1 Å². The lowest BCUT2D eigenvalue weighted by atomic mass is 10.0. The number of nitrogens with zero attached hydrogens (tertiary/aromatic N) is 1. The first-order valence-corrected chi connectivity index (χ1v) is 9.49. The number of hydrogen-bond acceptors (Lipinski definition) is 3. The van der Waals surface area contributed by atoms with E-state index in [1.54, 1.807) is 24.1 Å². The van der Waals surface area contributed by atoms with Gasteiger partial charge in [-0.25, -0.2) is 4.39 Å². The number of aliphatic carboxylic acids is 1. The Bertz CT molecular complexity index is 911. The second-order valence-electron chi connectivity index (χ2n) is 6.97. The molecule has 0 heterocycles. The highest BCUT2D eigenvalue weighted by Crippen LogP contribution is 2.28. The summed E-state index contributed by atoms with van der Waals surface area (Å²) >= 11 is 0. The van der Waals surface area contributed by atoms with Gasteiger partial charge in [-0.2, -0.15) is 0 Å². The van der Waals surface area contributed by atoms with E-state index in [9.17, 15) is 9.18 Å². The maximum Gasteiger partial charge on any atom is 0.317 e. The molecule has 1 N–H and O–H groups in total. The van der Waals surface area contributed by atoms with Crippen LogP contribution in [-0.2, 0) is 4.79 Å². The first-order valence-electron chi connectivity index (χ1n) is 9.49. The molecule has 0 saturated heterocycles. The molecular weight excluding hydrogens is 368 g/mol. The third-order valence-electron chi connectivity index (χ3n) is 4.66. The minimum atomic E-state index is -0.872. The van der Waals surface area contributed by atoms with Crippen LogP contribution < -0.4 is 4.74 Å². The van der Waals surface area contributed by atoms with Crippen LogP contribution in [0.1, 0.15) is 18.1 Å². The number of carboxylic acids is 1. The van der Waals surface area contributed by atoms with Gasteiger partial charge in [0.25, 0.3) is 0 Å². The van der Waals surface area contributed by atoms with Gasteiger partial charge in [-0.3, -0.25) is 9.69 Å². The largest absolute Gasteiger partial charge is 0.486 e. The summed E-state index contributed by atoms with van der Waals surface area (Å²) in [6.45, 7) is 0.498. The minimum absolute atomic E-state index is 0.0398. The highest BCUT2D eigenvalue weighted by Gasteiger charge is 2.16. The van der Waals surface area contributed by atoms with Gasteiger partial charge in [0.2, 0.25) is 0 Å². The van der Waals surface area contributed by atoms with E-state index in [0.29, 0.717) is 18.7 Å². The molecule has 0 spiro atoms. The molecule has 3 aromatic carbocycles. The van der Waals surface area contributed by atoms with Gasteiger partial charge in [0.05, 0.1) is 6.54 Å². The lowest BCUT2D eigenvalue weighted by molar-refractivity contribution is -0.138. The van der Waals surface area contributed by atoms with Crippen LogP contribution in [0.5, 0.6) is 5.75 Å². The Hall–Kier alpha value is -3.18. The van der Waals surface area contributed by atoms with Crippen molar-refractivity contribution < 1.29 is 19.0 Å². The molecule has 3 rings (SSSR count). The highest BCUT2D eigenvalue weighted by molar-refractivity contribution is 5.69. The van der Waals surface area contributed by atoms with Crippen molar-refractivity contribution in [1.82, 2.24) is 4.90 Å². The average Bonchev–Trinajstić information content (AvgIpc) is 2.72. The number of carbonyl (C=O) groups is 1. The van der Waals surface area contributed by atoms with Gasteiger partial charge in [0.1, 0.15) is 17.7 Å². The Morgan fingerprint density at radius 2 is 1.59 bits per heavy atom. The lowest BCUT2D eigenvalue weighted by Gasteiger charge is -2.22. The summed E-state index contributed by atoms with van der Waals surface area (Å²) < 4.78 is 19.5. The van der Waals surface area contributed by atoms with Crippen molar-refractivity contribution in [2.75, 3.05) is 20.1 Å². The molecule has 5 heteroatoms. The fourth-order valence-corrected chi connectivity index (χ4v) is 3.14. The third kappa shape index (κ3) is 6.16. The number of likely N-dealkylation sites (N-methyl/N-ethyl adjacent to an activating group) is 1. The van der Waals surface area contributed by atoms with Crippen LogP contribution in [0.2, 0.25) is 0 Å². The molecular formula is C24H24FNO3. The molecule has 1 atom stereocenters. The van der Waals surface area contributed by atoms with Gasteiger partial charge in [-0.1, -0.05) is 54.6 Å². The SMILES string of the molecule is [11CH3]N(CC[C@H](Oc1ccc(-c2ccccc2)cc1)c1ccc(F)cc1)CC(=O)O. The maximum atomic E-state index is 13.3. The van der Waals surface area contributed by atoms with Crippen molar-refractivity contribution in [2.24, 2.45) is 0 Å². The molecule has 0 aliphatic carbocycles. The van der Waals surface area contributed by atoms with E-state index in [0.717, 1.165) is 16.7 Å². The Morgan fingerprint density at radius 3 is 2.21 bits per heavy atom. The molecule has 0 aromatic heterocycles. The summed E-state index contributed by atoms with van der Waals surface area (Å²) in [5, 5.41) is 8.94. The van der Waals surface area contributed by atoms with Crippen LogP contribution in [0.4, 0.5) is 4.39 Å². The van der Waals surface area contributed by atoms with Crippen LogP contribution in [0, 0.1) is 5.82 Å². The zero-order valence-corrected chi connectivity index (χ0v) is 16.3. The van der Waals surface area contributed by atoms with E-state index in [4.69, 9.17) is 9.84 Å². The Morgan fingerprint density at radius 1 is 0.966 bits per heavy atom. The zero-order valence-electron chi connectivity index (χ0n) is 16.3. The fraction of sp³-hybridized carbons (Fsp3) is 0.208. The average molecular weight is 392 g/mol. The van der Waals surface area contributed by atoms with Crippen molar-refractivity contribution in [3.8, 4) is 16.9 Å². The van der Waals surface area contributed by atoms with Crippen LogP contribution >= 0.6 is 0 Å². The van der Waals surface area contributed by atoms with Crippen LogP contribution in [0.15, 0.2) is 78.9 Å². The van der Waals surface area contributed by atoms with Gasteiger partial charge in [0, 0.05) is 13.0 Å². The summed E-state index contributed by atoms with van der Waals surface area (Å²) in [6, 6.07) is 24.1. The standard InChI is InChI=1S/C24H24FNO3/c1-26(17-24(27)28)16-15-23(20-7-11-21(25)12-8-20)29-22-13-9-19(10-14-22)18-5-3-2-4-6-18/h2-14,23H,15-17H2,1H3,(H,27,28)/t23-/m0/s1/i1-1. The molecule has 0 saturated carbocycles. The first-order chi connectivity index (χ1) is 14.0.